The molecule has 0 radical (unpaired) electrons. The van der Waals surface area contributed by atoms with Crippen molar-refractivity contribution >= 4 is 16.7 Å². The summed E-state index contributed by atoms with van der Waals surface area (Å²) in [5.41, 5.74) is 2.04. The van der Waals surface area contributed by atoms with Crippen LogP contribution in [0.15, 0.2) is 83.9 Å². The molecule has 1 N–H and O–H groups in total. The second kappa shape index (κ2) is 11.8. The zero-order valence-electron chi connectivity index (χ0n) is 23.4. The molecule has 0 saturated heterocycles. The number of carbonyl (C=O) groups is 1. The van der Waals surface area contributed by atoms with Gasteiger partial charge in [-0.3, -0.25) is 24.2 Å². The predicted octanol–water partition coefficient (Wildman–Crippen LogP) is 5.13. The molecule has 0 amide bonds. The number of Topliss-reactive ketones (excluding diaryl/α,β-unsaturated/α-hetero) is 1. The minimum absolute atomic E-state index is 0.0202. The number of fused-ring (bicyclic) bond motifs is 1. The third-order valence-electron chi connectivity index (χ3n) is 7.08. The number of hydrogen-bond donors (Lipinski definition) is 1. The molecule has 0 saturated carbocycles. The number of rotatable bonds is 10. The molecule has 5 rings (SSSR count). The zero-order valence-corrected chi connectivity index (χ0v) is 23.4. The van der Waals surface area contributed by atoms with Gasteiger partial charge in [0.1, 0.15) is 22.8 Å². The highest BCUT2D eigenvalue weighted by atomic mass is 16.5. The molecule has 41 heavy (non-hydrogen) atoms. The zero-order chi connectivity index (χ0) is 29.1. The molecule has 0 bridgehead atoms. The van der Waals surface area contributed by atoms with Crippen LogP contribution < -0.4 is 15.0 Å². The van der Waals surface area contributed by atoms with Gasteiger partial charge >= 0.3 is 0 Å². The Kier molecular flexibility index (Phi) is 7.98. The molecule has 2 aromatic carbocycles. The lowest BCUT2D eigenvalue weighted by atomic mass is 10.1. The maximum absolute atomic E-state index is 13.6. The number of aliphatic hydroxyl groups excluding tert-OH is 1. The van der Waals surface area contributed by atoms with Crippen molar-refractivity contribution in [2.45, 2.75) is 39.8 Å². The molecule has 5 aromatic rings. The summed E-state index contributed by atoms with van der Waals surface area (Å²) in [7, 11) is 1.60. The molecule has 0 aliphatic rings. The summed E-state index contributed by atoms with van der Waals surface area (Å²) >= 11 is 0. The van der Waals surface area contributed by atoms with Crippen LogP contribution in [0.5, 0.6) is 17.2 Å². The van der Waals surface area contributed by atoms with Crippen molar-refractivity contribution in [3.8, 4) is 22.9 Å². The van der Waals surface area contributed by atoms with Gasteiger partial charge in [-0.05, 0) is 55.3 Å². The first-order valence-electron chi connectivity index (χ1n) is 13.4. The van der Waals surface area contributed by atoms with Crippen molar-refractivity contribution in [1.29, 1.82) is 0 Å². The molecule has 3 heterocycles. The molecule has 9 heteroatoms. The summed E-state index contributed by atoms with van der Waals surface area (Å²) in [4.78, 5) is 35.9. The molecular formula is C32H32N4O5. The van der Waals surface area contributed by atoms with E-state index in [2.05, 4.69) is 9.97 Å². The van der Waals surface area contributed by atoms with E-state index in [1.807, 2.05) is 50.2 Å². The second-order valence-corrected chi connectivity index (χ2v) is 10.2. The van der Waals surface area contributed by atoms with Crippen LogP contribution >= 0.6 is 0 Å². The first-order valence-corrected chi connectivity index (χ1v) is 13.4. The van der Waals surface area contributed by atoms with Crippen molar-refractivity contribution in [1.82, 2.24) is 19.3 Å². The van der Waals surface area contributed by atoms with Crippen LogP contribution in [0, 0.1) is 12.8 Å². The van der Waals surface area contributed by atoms with Crippen molar-refractivity contribution in [3.05, 3.63) is 106 Å². The Hall–Kier alpha value is -4.76. The van der Waals surface area contributed by atoms with Gasteiger partial charge in [0.2, 0.25) is 0 Å². The van der Waals surface area contributed by atoms with Gasteiger partial charge < -0.3 is 14.6 Å². The van der Waals surface area contributed by atoms with E-state index in [9.17, 15) is 14.7 Å². The van der Waals surface area contributed by atoms with Crippen LogP contribution in [0.2, 0.25) is 0 Å². The molecule has 1 atom stereocenters. The summed E-state index contributed by atoms with van der Waals surface area (Å²) in [6.45, 7) is 5.74. The number of benzene rings is 2. The number of pyridine rings is 2. The SMILES string of the molecule is COc1ccc2c(Oc3ccc(CC(=O)c4c(C)n(C[C@H](O)C(C)C)n(-c5ccccc5)c4=O)nc3)ccnc2c1. The molecule has 0 aliphatic heterocycles. The first-order chi connectivity index (χ1) is 19.8. The quantitative estimate of drug-likeness (QED) is 0.239. The average Bonchev–Trinajstić information content (AvgIpc) is 3.22. The number of hydrogen-bond acceptors (Lipinski definition) is 7. The standard InChI is InChI=1S/C32H32N4O5/c1-20(2)29(38)19-35-21(3)31(32(39)36(35)23-8-6-5-7-9-23)28(37)16-22-10-11-25(18-34-22)41-30-14-15-33-27-17-24(40-4)12-13-26(27)30/h5-15,17-18,20,29,38H,16,19H2,1-4H3/t29-/m0/s1. The van der Waals surface area contributed by atoms with Gasteiger partial charge in [0.25, 0.3) is 5.56 Å². The van der Waals surface area contributed by atoms with Crippen LogP contribution in [0.3, 0.4) is 0 Å². The molecule has 210 valence electrons. The fourth-order valence-electron chi connectivity index (χ4n) is 4.68. The third kappa shape index (κ3) is 5.76. The van der Waals surface area contributed by atoms with Crippen molar-refractivity contribution in [3.63, 3.8) is 0 Å². The van der Waals surface area contributed by atoms with E-state index in [1.165, 1.54) is 4.68 Å². The minimum atomic E-state index is -0.688. The van der Waals surface area contributed by atoms with Crippen molar-refractivity contribution in [2.24, 2.45) is 5.92 Å². The maximum atomic E-state index is 13.6. The number of ketones is 1. The number of carbonyl (C=O) groups excluding carboxylic acids is 1. The maximum Gasteiger partial charge on any atom is 0.282 e. The monoisotopic (exact) mass is 552 g/mol. The van der Waals surface area contributed by atoms with E-state index in [-0.39, 0.29) is 30.2 Å². The summed E-state index contributed by atoms with van der Waals surface area (Å²) < 4.78 is 14.5. The Morgan fingerprint density at radius 3 is 2.44 bits per heavy atom. The number of para-hydroxylation sites is 1. The lowest BCUT2D eigenvalue weighted by molar-refractivity contribution is 0.0976. The van der Waals surface area contributed by atoms with Crippen LogP contribution in [0.4, 0.5) is 0 Å². The van der Waals surface area contributed by atoms with E-state index in [0.717, 1.165) is 10.9 Å². The number of methoxy groups -OCH3 is 1. The summed E-state index contributed by atoms with van der Waals surface area (Å²) in [5.74, 6) is 1.46. The van der Waals surface area contributed by atoms with Crippen molar-refractivity contribution < 1.29 is 19.4 Å². The van der Waals surface area contributed by atoms with E-state index in [4.69, 9.17) is 9.47 Å². The Morgan fingerprint density at radius 2 is 1.76 bits per heavy atom. The lowest BCUT2D eigenvalue weighted by Crippen LogP contribution is -2.29. The molecule has 0 fully saturated rings. The number of aromatic nitrogens is 4. The Morgan fingerprint density at radius 1 is 1.00 bits per heavy atom. The minimum Gasteiger partial charge on any atom is -0.497 e. The van der Waals surface area contributed by atoms with Crippen LogP contribution in [-0.2, 0) is 13.0 Å². The van der Waals surface area contributed by atoms with E-state index in [1.54, 1.807) is 61.4 Å². The van der Waals surface area contributed by atoms with E-state index >= 15 is 0 Å². The van der Waals surface area contributed by atoms with Gasteiger partial charge in [-0.15, -0.1) is 0 Å². The van der Waals surface area contributed by atoms with Crippen LogP contribution in [0.1, 0.15) is 35.6 Å². The highest BCUT2D eigenvalue weighted by molar-refractivity contribution is 5.98. The number of nitrogens with zero attached hydrogens (tertiary/aromatic N) is 4. The van der Waals surface area contributed by atoms with Gasteiger partial charge in [-0.25, -0.2) is 4.68 Å². The van der Waals surface area contributed by atoms with E-state index in [0.29, 0.717) is 34.3 Å². The molecule has 9 nitrogen and oxygen atoms in total. The Balaban J connectivity index is 1.39. The van der Waals surface area contributed by atoms with Gasteiger partial charge in [-0.1, -0.05) is 32.0 Å². The topological polar surface area (TPSA) is 108 Å². The van der Waals surface area contributed by atoms with Gasteiger partial charge in [-0.2, -0.15) is 0 Å². The number of aliphatic hydroxyl groups is 1. The van der Waals surface area contributed by atoms with Gasteiger partial charge in [0.05, 0.1) is 43.6 Å². The second-order valence-electron chi connectivity index (χ2n) is 10.2. The number of ether oxygens (including phenoxy) is 2. The summed E-state index contributed by atoms with van der Waals surface area (Å²) in [6, 6.07) is 19.9. The highest BCUT2D eigenvalue weighted by Gasteiger charge is 2.25. The normalized spacial score (nSPS) is 12.0. The highest BCUT2D eigenvalue weighted by Crippen LogP contribution is 2.30. The summed E-state index contributed by atoms with van der Waals surface area (Å²) in [6.07, 6.45) is 2.47. The van der Waals surface area contributed by atoms with Crippen molar-refractivity contribution in [2.75, 3.05) is 7.11 Å². The predicted molar refractivity (Wildman–Crippen MR) is 156 cm³/mol. The summed E-state index contributed by atoms with van der Waals surface area (Å²) in [5, 5.41) is 11.4. The molecule has 0 aliphatic carbocycles. The Labute approximate surface area is 237 Å². The average molecular weight is 553 g/mol. The fourth-order valence-corrected chi connectivity index (χ4v) is 4.68. The first kappa shape index (κ1) is 27.8. The molecule has 0 unspecified atom stereocenters. The molecular weight excluding hydrogens is 520 g/mol. The van der Waals surface area contributed by atoms with Crippen LogP contribution in [-0.4, -0.2) is 43.4 Å². The molecule has 3 aromatic heterocycles. The van der Waals surface area contributed by atoms with E-state index < -0.39 is 11.7 Å². The third-order valence-corrected chi connectivity index (χ3v) is 7.08. The molecule has 0 spiro atoms. The fraction of sp³-hybridized carbons (Fsp3) is 0.250. The van der Waals surface area contributed by atoms with Crippen LogP contribution in [0.25, 0.3) is 16.6 Å². The van der Waals surface area contributed by atoms with Gasteiger partial charge in [0.15, 0.2) is 5.78 Å². The Bertz CT molecular complexity index is 1740. The largest absolute Gasteiger partial charge is 0.497 e. The van der Waals surface area contributed by atoms with Gasteiger partial charge in [0, 0.05) is 29.0 Å². The lowest BCUT2D eigenvalue weighted by Gasteiger charge is -2.19. The smallest absolute Gasteiger partial charge is 0.282 e.